The molecule has 112 valence electrons. The van der Waals surface area contributed by atoms with Gasteiger partial charge in [0.05, 0.1) is 11.5 Å². The van der Waals surface area contributed by atoms with Gasteiger partial charge in [-0.1, -0.05) is 39.5 Å². The Balaban J connectivity index is 0. The van der Waals surface area contributed by atoms with E-state index in [1.165, 1.54) is 0 Å². The fourth-order valence-electron chi connectivity index (χ4n) is 1.08. The second-order valence-corrected chi connectivity index (χ2v) is 8.65. The summed E-state index contributed by atoms with van der Waals surface area (Å²) in [5.74, 6) is 0.239. The maximum absolute atomic E-state index is 10.3. The maximum Gasteiger partial charge on any atom is 0.232 e. The van der Waals surface area contributed by atoms with Crippen LogP contribution < -0.4 is 5.14 Å². The van der Waals surface area contributed by atoms with Gasteiger partial charge in [0.2, 0.25) is 19.1 Å². The molecule has 0 amide bonds. The normalized spacial score (nSPS) is 11.8. The SMILES string of the molecule is CCCCCS(=O)(=O)Cl.CCCCCS(N)(=O)=O. The molecule has 0 aliphatic heterocycles. The minimum Gasteiger partial charge on any atom is -0.229 e. The molecule has 0 bridgehead atoms. The van der Waals surface area contributed by atoms with Gasteiger partial charge >= 0.3 is 0 Å². The largest absolute Gasteiger partial charge is 0.232 e. The first-order valence-corrected chi connectivity index (χ1v) is 10.2. The van der Waals surface area contributed by atoms with E-state index in [0.717, 1.165) is 25.7 Å². The third-order valence-electron chi connectivity index (χ3n) is 2.02. The van der Waals surface area contributed by atoms with Crippen LogP contribution in [-0.4, -0.2) is 28.3 Å². The molecule has 0 saturated heterocycles. The molecule has 8 heteroatoms. The molecule has 0 aliphatic rings. The van der Waals surface area contributed by atoms with Crippen LogP contribution in [0.1, 0.15) is 52.4 Å². The highest BCUT2D eigenvalue weighted by Crippen LogP contribution is 2.02. The Hall–Kier alpha value is 0.150. The molecule has 0 aromatic heterocycles. The molecule has 0 aromatic carbocycles. The van der Waals surface area contributed by atoms with Crippen LogP contribution in [0.2, 0.25) is 0 Å². The molecular formula is C10H24ClNO4S2. The fraction of sp³-hybridized carbons (Fsp3) is 1.00. The van der Waals surface area contributed by atoms with Gasteiger partial charge in [-0.3, -0.25) is 0 Å². The zero-order chi connectivity index (χ0) is 14.7. The molecule has 5 nitrogen and oxygen atoms in total. The van der Waals surface area contributed by atoms with Gasteiger partial charge in [0, 0.05) is 10.7 Å². The number of halogens is 1. The highest BCUT2D eigenvalue weighted by atomic mass is 35.7. The second-order valence-electron chi connectivity index (χ2n) is 4.02. The molecule has 2 N–H and O–H groups in total. The van der Waals surface area contributed by atoms with Crippen LogP contribution in [0.5, 0.6) is 0 Å². The summed E-state index contributed by atoms with van der Waals surface area (Å²) in [5, 5.41) is 4.75. The summed E-state index contributed by atoms with van der Waals surface area (Å²) in [6.45, 7) is 4.03. The van der Waals surface area contributed by atoms with E-state index >= 15 is 0 Å². The molecule has 0 radical (unpaired) electrons. The average molecular weight is 322 g/mol. The second kappa shape index (κ2) is 11.0. The van der Waals surface area contributed by atoms with Crippen molar-refractivity contribution >= 4 is 29.8 Å². The Bertz CT molecular complexity index is 341. The molecule has 0 unspecified atom stereocenters. The highest BCUT2D eigenvalue weighted by Gasteiger charge is 2.02. The Morgan fingerprint density at radius 2 is 1.22 bits per heavy atom. The summed E-state index contributed by atoms with van der Waals surface area (Å²) in [4.78, 5) is 0. The van der Waals surface area contributed by atoms with Crippen molar-refractivity contribution in [1.82, 2.24) is 0 Å². The molecule has 0 heterocycles. The van der Waals surface area contributed by atoms with Gasteiger partial charge in [0.15, 0.2) is 0 Å². The highest BCUT2D eigenvalue weighted by molar-refractivity contribution is 8.13. The number of primary sulfonamides is 1. The van der Waals surface area contributed by atoms with Gasteiger partial charge in [-0.2, -0.15) is 0 Å². The standard InChI is InChI=1S/C5H11ClO2S.C5H13NO2S/c2*1-2-3-4-5-9(6,7)8/h2-5H2,1H3;2-5H2,1H3,(H2,6,7,8). The van der Waals surface area contributed by atoms with Crippen molar-refractivity contribution in [1.29, 1.82) is 0 Å². The molecule has 0 saturated carbocycles. The Morgan fingerprint density at radius 1 is 0.833 bits per heavy atom. The van der Waals surface area contributed by atoms with Crippen molar-refractivity contribution < 1.29 is 16.8 Å². The van der Waals surface area contributed by atoms with E-state index in [1.807, 2.05) is 13.8 Å². The number of hydrogen-bond donors (Lipinski definition) is 1. The first-order chi connectivity index (χ1) is 8.12. The predicted octanol–water partition coefficient (Wildman–Crippen LogP) is 2.21. The summed E-state index contributed by atoms with van der Waals surface area (Å²) >= 11 is 0. The molecule has 0 aromatic rings. The minimum absolute atomic E-state index is 0.113. The van der Waals surface area contributed by atoms with Gasteiger partial charge < -0.3 is 0 Å². The zero-order valence-electron chi connectivity index (χ0n) is 11.1. The van der Waals surface area contributed by atoms with Crippen molar-refractivity contribution in [2.75, 3.05) is 11.5 Å². The lowest BCUT2D eigenvalue weighted by Crippen LogP contribution is -2.16. The van der Waals surface area contributed by atoms with E-state index in [2.05, 4.69) is 0 Å². The molecule has 18 heavy (non-hydrogen) atoms. The summed E-state index contributed by atoms with van der Waals surface area (Å²) < 4.78 is 41.1. The number of nitrogens with two attached hydrogens (primary N) is 1. The van der Waals surface area contributed by atoms with E-state index in [4.69, 9.17) is 15.8 Å². The predicted molar refractivity (Wildman–Crippen MR) is 76.7 cm³/mol. The van der Waals surface area contributed by atoms with Crippen LogP contribution in [-0.2, 0) is 19.1 Å². The van der Waals surface area contributed by atoms with Crippen molar-refractivity contribution in [3.8, 4) is 0 Å². The van der Waals surface area contributed by atoms with E-state index in [1.54, 1.807) is 0 Å². The number of rotatable bonds is 8. The van der Waals surface area contributed by atoms with Crippen LogP contribution in [0.3, 0.4) is 0 Å². The topological polar surface area (TPSA) is 94.3 Å². The lowest BCUT2D eigenvalue weighted by Gasteiger charge is -1.94. The van der Waals surface area contributed by atoms with Crippen molar-refractivity contribution in [3.05, 3.63) is 0 Å². The fourth-order valence-corrected chi connectivity index (χ4v) is 2.56. The molecule has 0 spiro atoms. The first-order valence-electron chi connectivity index (χ1n) is 6.05. The van der Waals surface area contributed by atoms with Crippen LogP contribution in [0, 0.1) is 0 Å². The van der Waals surface area contributed by atoms with Gasteiger partial charge in [0.25, 0.3) is 0 Å². The number of hydrogen-bond acceptors (Lipinski definition) is 4. The minimum atomic E-state index is -3.22. The summed E-state index contributed by atoms with van der Waals surface area (Å²) in [5.41, 5.74) is 0. The van der Waals surface area contributed by atoms with Gasteiger partial charge in [-0.25, -0.2) is 22.0 Å². The quantitative estimate of drug-likeness (QED) is 0.547. The van der Waals surface area contributed by atoms with E-state index in [9.17, 15) is 16.8 Å². The van der Waals surface area contributed by atoms with Gasteiger partial charge in [0.1, 0.15) is 0 Å². The van der Waals surface area contributed by atoms with Crippen LogP contribution in [0.4, 0.5) is 0 Å². The average Bonchev–Trinajstić information content (AvgIpc) is 2.16. The van der Waals surface area contributed by atoms with E-state index < -0.39 is 19.1 Å². The third kappa shape index (κ3) is 25.1. The van der Waals surface area contributed by atoms with Crippen molar-refractivity contribution in [2.24, 2.45) is 5.14 Å². The Labute approximate surface area is 116 Å². The van der Waals surface area contributed by atoms with E-state index in [0.29, 0.717) is 12.8 Å². The molecule has 0 atom stereocenters. The Kier molecular flexibility index (Phi) is 12.5. The molecule has 0 aliphatic carbocycles. The monoisotopic (exact) mass is 321 g/mol. The lowest BCUT2D eigenvalue weighted by atomic mass is 10.3. The number of sulfonamides is 1. The van der Waals surface area contributed by atoms with Crippen LogP contribution >= 0.6 is 10.7 Å². The molecular weight excluding hydrogens is 298 g/mol. The summed E-state index contributed by atoms with van der Waals surface area (Å²) in [6, 6.07) is 0. The van der Waals surface area contributed by atoms with E-state index in [-0.39, 0.29) is 11.5 Å². The van der Waals surface area contributed by atoms with Crippen LogP contribution in [0.15, 0.2) is 0 Å². The van der Waals surface area contributed by atoms with Crippen LogP contribution in [0.25, 0.3) is 0 Å². The number of unbranched alkanes of at least 4 members (excludes halogenated alkanes) is 4. The smallest absolute Gasteiger partial charge is 0.229 e. The summed E-state index contributed by atoms with van der Waals surface area (Å²) in [6.07, 6.45) is 5.29. The summed E-state index contributed by atoms with van der Waals surface area (Å²) in [7, 11) is -1.48. The third-order valence-corrected chi connectivity index (χ3v) is 4.12. The lowest BCUT2D eigenvalue weighted by molar-refractivity contribution is 0.592. The Morgan fingerprint density at radius 3 is 1.50 bits per heavy atom. The molecule has 0 fully saturated rings. The zero-order valence-corrected chi connectivity index (χ0v) is 13.5. The van der Waals surface area contributed by atoms with Crippen molar-refractivity contribution in [3.63, 3.8) is 0 Å². The van der Waals surface area contributed by atoms with Gasteiger partial charge in [-0.15, -0.1) is 0 Å². The first kappa shape index (κ1) is 20.5. The van der Waals surface area contributed by atoms with Gasteiger partial charge in [-0.05, 0) is 12.8 Å². The van der Waals surface area contributed by atoms with Crippen molar-refractivity contribution in [2.45, 2.75) is 52.4 Å². The molecule has 0 rings (SSSR count). The maximum atomic E-state index is 10.3.